The second-order valence-electron chi connectivity index (χ2n) is 2.98. The number of carbonyl (C=O) groups excluding carboxylic acids is 1. The first-order chi connectivity index (χ1) is 6.29. The molecule has 0 spiro atoms. The van der Waals surface area contributed by atoms with Gasteiger partial charge in [0.2, 0.25) is 5.91 Å². The zero-order valence-electron chi connectivity index (χ0n) is 7.39. The summed E-state index contributed by atoms with van der Waals surface area (Å²) in [7, 11) is 0. The molecular formula is C7H13N5O. The third-order valence-electron chi connectivity index (χ3n) is 2.09. The molecule has 0 aromatic carbocycles. The largest absolute Gasteiger partial charge is 0.341 e. The number of carbonyl (C=O) groups is 1. The highest BCUT2D eigenvalue weighted by atomic mass is 16.2. The molecule has 0 radical (unpaired) electrons. The summed E-state index contributed by atoms with van der Waals surface area (Å²) >= 11 is 0. The molecule has 1 unspecified atom stereocenters. The number of likely N-dealkylation sites (tertiary alicyclic amines) is 1. The summed E-state index contributed by atoms with van der Waals surface area (Å²) < 4.78 is 0. The lowest BCUT2D eigenvalue weighted by atomic mass is 10.1. The summed E-state index contributed by atoms with van der Waals surface area (Å²) in [6, 6.07) is -0.509. The zero-order chi connectivity index (χ0) is 9.68. The lowest BCUT2D eigenvalue weighted by Gasteiger charge is -2.29. The van der Waals surface area contributed by atoms with Gasteiger partial charge in [0, 0.05) is 24.5 Å². The highest BCUT2D eigenvalue weighted by molar-refractivity contribution is 5.82. The minimum atomic E-state index is -0.509. The Labute approximate surface area is 76.3 Å². The van der Waals surface area contributed by atoms with Crippen LogP contribution in [-0.2, 0) is 4.79 Å². The first-order valence-electron chi connectivity index (χ1n) is 4.32. The maximum atomic E-state index is 11.5. The molecule has 0 aliphatic carbocycles. The molecule has 6 heteroatoms. The van der Waals surface area contributed by atoms with Gasteiger partial charge in [0.05, 0.1) is 0 Å². The quantitative estimate of drug-likeness (QED) is 0.385. The molecule has 1 heterocycles. The smallest absolute Gasteiger partial charge is 0.231 e. The van der Waals surface area contributed by atoms with E-state index in [1.165, 1.54) is 0 Å². The summed E-state index contributed by atoms with van der Waals surface area (Å²) in [5, 5.41) is 3.45. The summed E-state index contributed by atoms with van der Waals surface area (Å²) in [6.45, 7) is 1.73. The number of amides is 1. The SMILES string of the molecule is [N-]=[N+]=NC1CCCN(CCN)C1=O. The Morgan fingerprint density at radius 3 is 3.15 bits per heavy atom. The van der Waals surface area contributed by atoms with Crippen molar-refractivity contribution in [2.75, 3.05) is 19.6 Å². The van der Waals surface area contributed by atoms with Crippen LogP contribution in [0.2, 0.25) is 0 Å². The molecule has 1 aliphatic rings. The normalized spacial score (nSPS) is 22.7. The van der Waals surface area contributed by atoms with Crippen LogP contribution < -0.4 is 5.73 Å². The van der Waals surface area contributed by atoms with Gasteiger partial charge < -0.3 is 10.6 Å². The number of nitrogens with zero attached hydrogens (tertiary/aromatic N) is 4. The number of nitrogens with two attached hydrogens (primary N) is 1. The van der Waals surface area contributed by atoms with Gasteiger partial charge in [0.25, 0.3) is 0 Å². The maximum Gasteiger partial charge on any atom is 0.231 e. The van der Waals surface area contributed by atoms with Crippen molar-refractivity contribution >= 4 is 5.91 Å². The van der Waals surface area contributed by atoms with Gasteiger partial charge in [-0.2, -0.15) is 0 Å². The lowest BCUT2D eigenvalue weighted by molar-refractivity contribution is -0.134. The van der Waals surface area contributed by atoms with Gasteiger partial charge in [0.1, 0.15) is 6.04 Å². The van der Waals surface area contributed by atoms with E-state index in [2.05, 4.69) is 10.0 Å². The van der Waals surface area contributed by atoms with E-state index < -0.39 is 6.04 Å². The van der Waals surface area contributed by atoms with Gasteiger partial charge in [-0.15, -0.1) is 0 Å². The molecule has 1 aliphatic heterocycles. The van der Waals surface area contributed by atoms with E-state index in [1.54, 1.807) is 4.90 Å². The van der Waals surface area contributed by atoms with Crippen molar-refractivity contribution < 1.29 is 4.79 Å². The van der Waals surface area contributed by atoms with Gasteiger partial charge >= 0.3 is 0 Å². The van der Waals surface area contributed by atoms with Crippen LogP contribution in [0.4, 0.5) is 0 Å². The molecule has 13 heavy (non-hydrogen) atoms. The fourth-order valence-corrected chi connectivity index (χ4v) is 1.47. The van der Waals surface area contributed by atoms with Crippen molar-refractivity contribution in [3.8, 4) is 0 Å². The van der Waals surface area contributed by atoms with Crippen LogP contribution in [0.3, 0.4) is 0 Å². The fourth-order valence-electron chi connectivity index (χ4n) is 1.47. The molecule has 1 rings (SSSR count). The fraction of sp³-hybridized carbons (Fsp3) is 0.857. The van der Waals surface area contributed by atoms with E-state index in [9.17, 15) is 4.79 Å². The Kier molecular flexibility index (Phi) is 3.54. The Bertz CT molecular complexity index is 233. The van der Waals surface area contributed by atoms with Crippen LogP contribution in [-0.4, -0.2) is 36.5 Å². The van der Waals surface area contributed by atoms with Gasteiger partial charge in [0.15, 0.2) is 0 Å². The molecule has 6 nitrogen and oxygen atoms in total. The Balaban J connectivity index is 2.60. The number of rotatable bonds is 3. The highest BCUT2D eigenvalue weighted by Crippen LogP contribution is 2.14. The van der Waals surface area contributed by atoms with Gasteiger partial charge in [-0.3, -0.25) is 4.79 Å². The molecule has 0 aromatic rings. The van der Waals surface area contributed by atoms with E-state index in [4.69, 9.17) is 11.3 Å². The summed E-state index contributed by atoms with van der Waals surface area (Å²) in [4.78, 5) is 15.8. The molecule has 0 bridgehead atoms. The summed E-state index contributed by atoms with van der Waals surface area (Å²) in [6.07, 6.45) is 1.54. The van der Waals surface area contributed by atoms with Crippen molar-refractivity contribution in [1.82, 2.24) is 4.90 Å². The van der Waals surface area contributed by atoms with Gasteiger partial charge in [-0.1, -0.05) is 5.11 Å². The third kappa shape index (κ3) is 2.34. The van der Waals surface area contributed by atoms with Crippen LogP contribution in [0.1, 0.15) is 12.8 Å². The van der Waals surface area contributed by atoms with Crippen LogP contribution in [0, 0.1) is 0 Å². The second kappa shape index (κ2) is 4.69. The molecule has 1 fully saturated rings. The minimum absolute atomic E-state index is 0.0884. The van der Waals surface area contributed by atoms with Gasteiger partial charge in [-0.25, -0.2) is 0 Å². The number of azide groups is 1. The molecule has 0 aromatic heterocycles. The van der Waals surface area contributed by atoms with Crippen LogP contribution in [0.5, 0.6) is 0 Å². The van der Waals surface area contributed by atoms with Crippen LogP contribution in [0.25, 0.3) is 10.4 Å². The van der Waals surface area contributed by atoms with Crippen LogP contribution >= 0.6 is 0 Å². The van der Waals surface area contributed by atoms with E-state index in [1.807, 2.05) is 0 Å². The van der Waals surface area contributed by atoms with E-state index in [0.717, 1.165) is 13.0 Å². The third-order valence-corrected chi connectivity index (χ3v) is 2.09. The zero-order valence-corrected chi connectivity index (χ0v) is 7.39. The van der Waals surface area contributed by atoms with Gasteiger partial charge in [-0.05, 0) is 18.4 Å². The molecule has 0 saturated carbocycles. The predicted molar refractivity (Wildman–Crippen MR) is 47.8 cm³/mol. The van der Waals surface area contributed by atoms with Crippen LogP contribution in [0.15, 0.2) is 5.11 Å². The van der Waals surface area contributed by atoms with Crippen molar-refractivity contribution in [1.29, 1.82) is 0 Å². The standard InChI is InChI=1S/C7H13N5O/c8-3-5-12-4-1-2-6(7(12)13)10-11-9/h6H,1-5,8H2. The number of hydrogen-bond acceptors (Lipinski definition) is 3. The molecular weight excluding hydrogens is 170 g/mol. The highest BCUT2D eigenvalue weighted by Gasteiger charge is 2.26. The summed E-state index contributed by atoms with van der Waals surface area (Å²) in [5.74, 6) is -0.0884. The predicted octanol–water partition coefficient (Wildman–Crippen LogP) is 0.246. The average Bonchev–Trinajstić information content (AvgIpc) is 2.13. The minimum Gasteiger partial charge on any atom is -0.341 e. The Hall–Kier alpha value is -1.26. The average molecular weight is 183 g/mol. The van der Waals surface area contributed by atoms with E-state index in [-0.39, 0.29) is 5.91 Å². The van der Waals surface area contributed by atoms with Crippen molar-refractivity contribution in [2.24, 2.45) is 10.8 Å². The number of piperidine rings is 1. The molecule has 72 valence electrons. The Morgan fingerprint density at radius 1 is 1.77 bits per heavy atom. The molecule has 2 N–H and O–H groups in total. The lowest BCUT2D eigenvalue weighted by Crippen LogP contribution is -2.45. The first-order valence-corrected chi connectivity index (χ1v) is 4.32. The second-order valence-corrected chi connectivity index (χ2v) is 2.98. The molecule has 1 amide bonds. The van der Waals surface area contributed by atoms with E-state index >= 15 is 0 Å². The first kappa shape index (κ1) is 9.83. The van der Waals surface area contributed by atoms with Crippen molar-refractivity contribution in [3.63, 3.8) is 0 Å². The van der Waals surface area contributed by atoms with Crippen molar-refractivity contribution in [3.05, 3.63) is 10.4 Å². The molecule has 1 saturated heterocycles. The topological polar surface area (TPSA) is 95.1 Å². The maximum absolute atomic E-state index is 11.5. The van der Waals surface area contributed by atoms with Crippen molar-refractivity contribution in [2.45, 2.75) is 18.9 Å². The summed E-state index contributed by atoms with van der Waals surface area (Å²) in [5.41, 5.74) is 13.6. The monoisotopic (exact) mass is 183 g/mol. The Morgan fingerprint density at radius 2 is 2.54 bits per heavy atom. The molecule has 1 atom stereocenters. The van der Waals surface area contributed by atoms with E-state index in [0.29, 0.717) is 19.5 Å². The number of hydrogen-bond donors (Lipinski definition) is 1.